The topological polar surface area (TPSA) is 85.3 Å². The van der Waals surface area contributed by atoms with Gasteiger partial charge in [-0.1, -0.05) is 35.4 Å². The Morgan fingerprint density at radius 3 is 2.31 bits per heavy atom. The van der Waals surface area contributed by atoms with Crippen molar-refractivity contribution >= 4 is 47.2 Å². The number of hydrazone groups is 1. The molecule has 1 saturated heterocycles. The van der Waals surface area contributed by atoms with E-state index in [1.165, 1.54) is 18.3 Å². The van der Waals surface area contributed by atoms with Crippen LogP contribution in [0.5, 0.6) is 5.75 Å². The molecule has 1 heterocycles. The number of carbonyl (C=O) groups is 3. The van der Waals surface area contributed by atoms with Crippen molar-refractivity contribution in [3.8, 4) is 5.75 Å². The van der Waals surface area contributed by atoms with E-state index in [-0.39, 0.29) is 64.5 Å². The summed E-state index contributed by atoms with van der Waals surface area (Å²) < 4.78 is 10.1. The lowest BCUT2D eigenvalue weighted by Crippen LogP contribution is -2.28. The molecule has 1 saturated carbocycles. The first kappa shape index (κ1) is 19.9. The van der Waals surface area contributed by atoms with Gasteiger partial charge in [0.15, 0.2) is 12.4 Å². The van der Waals surface area contributed by atoms with Crippen LogP contribution < -0.4 is 4.74 Å². The normalized spacial score (nSPS) is 27.2. The first-order valence-electron chi connectivity index (χ1n) is 9.28. The molecule has 2 bridgehead atoms. The average Bonchev–Trinajstić information content (AvgIpc) is 3.34. The highest BCUT2D eigenvalue weighted by Crippen LogP contribution is 2.52. The molecule has 9 heteroatoms. The Morgan fingerprint density at radius 2 is 1.76 bits per heavy atom. The van der Waals surface area contributed by atoms with Crippen LogP contribution in [0.2, 0.25) is 10.0 Å². The fraction of sp³-hybridized carbons (Fsp3) is 0.400. The molecule has 2 fully saturated rings. The number of ether oxygens (including phenoxy) is 2. The SMILES string of the molecule is CCOC(=O)COc1c(Cl)cc(C=NN2C(=O)C3C4C=CC(C4)C3C2=O)cc1Cl. The van der Waals surface area contributed by atoms with Crippen molar-refractivity contribution in [2.45, 2.75) is 13.3 Å². The molecular weight excluding hydrogens is 419 g/mol. The summed E-state index contributed by atoms with van der Waals surface area (Å²) in [6, 6.07) is 3.04. The van der Waals surface area contributed by atoms with E-state index in [0.29, 0.717) is 5.56 Å². The van der Waals surface area contributed by atoms with E-state index in [2.05, 4.69) is 5.10 Å². The van der Waals surface area contributed by atoms with E-state index in [9.17, 15) is 14.4 Å². The zero-order valence-corrected chi connectivity index (χ0v) is 17.0. The number of allylic oxidation sites excluding steroid dienone is 2. The number of hydrogen-bond donors (Lipinski definition) is 0. The van der Waals surface area contributed by atoms with E-state index in [4.69, 9.17) is 32.7 Å². The second-order valence-corrected chi connectivity index (χ2v) is 7.95. The van der Waals surface area contributed by atoms with Gasteiger partial charge in [-0.2, -0.15) is 10.1 Å². The van der Waals surface area contributed by atoms with Crippen molar-refractivity contribution in [1.29, 1.82) is 0 Å². The summed E-state index contributed by atoms with van der Waals surface area (Å²) in [6.07, 6.45) is 6.28. The number of imide groups is 1. The minimum atomic E-state index is -0.537. The summed E-state index contributed by atoms with van der Waals surface area (Å²) in [5.41, 5.74) is 0.488. The summed E-state index contributed by atoms with van der Waals surface area (Å²) in [5.74, 6) is -1.28. The summed E-state index contributed by atoms with van der Waals surface area (Å²) in [4.78, 5) is 36.7. The van der Waals surface area contributed by atoms with E-state index in [1.807, 2.05) is 12.2 Å². The van der Waals surface area contributed by atoms with E-state index >= 15 is 0 Å². The van der Waals surface area contributed by atoms with Crippen molar-refractivity contribution < 1.29 is 23.9 Å². The van der Waals surface area contributed by atoms with E-state index in [0.717, 1.165) is 11.4 Å². The largest absolute Gasteiger partial charge is 0.479 e. The number of carbonyl (C=O) groups excluding carboxylic acids is 3. The second-order valence-electron chi connectivity index (χ2n) is 7.14. The molecule has 1 aromatic carbocycles. The lowest BCUT2D eigenvalue weighted by molar-refractivity contribution is -0.145. The Morgan fingerprint density at radius 1 is 1.17 bits per heavy atom. The van der Waals surface area contributed by atoms with Crippen molar-refractivity contribution in [3.05, 3.63) is 39.9 Å². The van der Waals surface area contributed by atoms with Gasteiger partial charge in [0.25, 0.3) is 11.8 Å². The van der Waals surface area contributed by atoms with Gasteiger partial charge in [-0.3, -0.25) is 9.59 Å². The van der Waals surface area contributed by atoms with Crippen LogP contribution in [0.4, 0.5) is 0 Å². The number of esters is 1. The molecule has 0 spiro atoms. The number of halogens is 2. The summed E-state index contributed by atoms with van der Waals surface area (Å²) in [5, 5.41) is 5.38. The maximum Gasteiger partial charge on any atom is 0.344 e. The van der Waals surface area contributed by atoms with Crippen LogP contribution in [-0.4, -0.2) is 42.2 Å². The Balaban J connectivity index is 1.47. The molecule has 0 N–H and O–H groups in total. The standard InChI is InChI=1S/C20H18Cl2N2O5/c1-2-28-15(25)9-29-18-13(21)5-10(6-14(18)22)8-23-24-19(26)16-11-3-4-12(7-11)17(16)20(24)27/h3-6,8,11-12,16-17H,2,7,9H2,1H3. The Bertz CT molecular complexity index is 892. The molecule has 4 atom stereocenters. The summed E-state index contributed by atoms with van der Waals surface area (Å²) in [6.45, 7) is 1.61. The third kappa shape index (κ3) is 3.53. The molecule has 4 unspecified atom stereocenters. The predicted octanol–water partition coefficient (Wildman–Crippen LogP) is 3.08. The molecular formula is C20H18Cl2N2O5. The molecule has 4 rings (SSSR count). The van der Waals surface area contributed by atoms with Crippen LogP contribution in [0.1, 0.15) is 18.9 Å². The number of rotatable bonds is 6. The van der Waals surface area contributed by atoms with Gasteiger partial charge in [-0.25, -0.2) is 4.79 Å². The van der Waals surface area contributed by atoms with Gasteiger partial charge in [-0.05, 0) is 42.9 Å². The Hall–Kier alpha value is -2.38. The smallest absolute Gasteiger partial charge is 0.344 e. The van der Waals surface area contributed by atoms with Crippen LogP contribution >= 0.6 is 23.2 Å². The van der Waals surface area contributed by atoms with Gasteiger partial charge < -0.3 is 9.47 Å². The lowest BCUT2D eigenvalue weighted by atomic mass is 9.85. The van der Waals surface area contributed by atoms with E-state index in [1.54, 1.807) is 6.92 Å². The number of fused-ring (bicyclic) bond motifs is 5. The first-order chi connectivity index (χ1) is 13.9. The lowest BCUT2D eigenvalue weighted by Gasteiger charge is -2.13. The number of hydrogen-bond acceptors (Lipinski definition) is 6. The van der Waals surface area contributed by atoms with Crippen LogP contribution in [0.25, 0.3) is 0 Å². The molecule has 2 amide bonds. The zero-order chi connectivity index (χ0) is 20.7. The Kier molecular flexibility index (Phi) is 5.36. The third-order valence-corrected chi connectivity index (χ3v) is 5.99. The fourth-order valence-corrected chi connectivity index (χ4v) is 4.86. The highest BCUT2D eigenvalue weighted by molar-refractivity contribution is 6.37. The second kappa shape index (κ2) is 7.80. The van der Waals surface area contributed by atoms with Gasteiger partial charge in [0.1, 0.15) is 0 Å². The molecule has 7 nitrogen and oxygen atoms in total. The molecule has 152 valence electrons. The minimum Gasteiger partial charge on any atom is -0.479 e. The summed E-state index contributed by atoms with van der Waals surface area (Å²) in [7, 11) is 0. The van der Waals surface area contributed by atoms with Crippen molar-refractivity contribution in [1.82, 2.24) is 5.01 Å². The van der Waals surface area contributed by atoms with Crippen LogP contribution in [0.3, 0.4) is 0 Å². The minimum absolute atomic E-state index is 0.126. The molecule has 0 radical (unpaired) electrons. The fourth-order valence-electron chi connectivity index (χ4n) is 4.25. The van der Waals surface area contributed by atoms with Crippen LogP contribution in [0.15, 0.2) is 29.4 Å². The first-order valence-corrected chi connectivity index (χ1v) is 10.0. The molecule has 1 aromatic rings. The van der Waals surface area contributed by atoms with Gasteiger partial charge >= 0.3 is 5.97 Å². The van der Waals surface area contributed by atoms with Crippen molar-refractivity contribution in [2.75, 3.05) is 13.2 Å². The molecule has 3 aliphatic rings. The Labute approximate surface area is 177 Å². The predicted molar refractivity (Wildman–Crippen MR) is 106 cm³/mol. The maximum absolute atomic E-state index is 12.6. The maximum atomic E-state index is 12.6. The number of benzene rings is 1. The van der Waals surface area contributed by atoms with E-state index < -0.39 is 5.97 Å². The summed E-state index contributed by atoms with van der Waals surface area (Å²) >= 11 is 12.4. The zero-order valence-electron chi connectivity index (χ0n) is 15.5. The third-order valence-electron chi connectivity index (χ3n) is 5.43. The van der Waals surface area contributed by atoms with Gasteiger partial charge in [0.2, 0.25) is 0 Å². The molecule has 0 aromatic heterocycles. The quantitative estimate of drug-likeness (QED) is 0.296. The van der Waals surface area contributed by atoms with Crippen molar-refractivity contribution in [3.63, 3.8) is 0 Å². The van der Waals surface area contributed by atoms with Crippen molar-refractivity contribution in [2.24, 2.45) is 28.8 Å². The monoisotopic (exact) mass is 436 g/mol. The van der Waals surface area contributed by atoms with Crippen LogP contribution in [-0.2, 0) is 19.1 Å². The van der Waals surface area contributed by atoms with Gasteiger partial charge in [0, 0.05) is 0 Å². The van der Waals surface area contributed by atoms with Gasteiger partial charge in [-0.15, -0.1) is 0 Å². The number of nitrogens with zero attached hydrogens (tertiary/aromatic N) is 2. The highest BCUT2D eigenvalue weighted by atomic mass is 35.5. The number of amides is 2. The van der Waals surface area contributed by atoms with Crippen LogP contribution in [0, 0.1) is 23.7 Å². The highest BCUT2D eigenvalue weighted by Gasteiger charge is 2.59. The molecule has 1 aliphatic heterocycles. The molecule has 29 heavy (non-hydrogen) atoms. The molecule has 2 aliphatic carbocycles. The van der Waals surface area contributed by atoms with Gasteiger partial charge in [0.05, 0.1) is 34.7 Å². The average molecular weight is 437 g/mol.